The van der Waals surface area contributed by atoms with Crippen LogP contribution in [-0.2, 0) is 19.1 Å². The van der Waals surface area contributed by atoms with Crippen molar-refractivity contribution in [1.29, 1.82) is 0 Å². The monoisotopic (exact) mass is 476 g/mol. The Morgan fingerprint density at radius 3 is 2.30 bits per heavy atom. The molecule has 0 aromatic heterocycles. The third kappa shape index (κ3) is 6.55. The summed E-state index contributed by atoms with van der Waals surface area (Å²) in [6, 6.07) is 6.48. The van der Waals surface area contributed by atoms with Gasteiger partial charge in [0.1, 0.15) is 11.1 Å². The first-order chi connectivity index (χ1) is 15.6. The molecule has 3 amide bonds. The number of carbonyl (C=O) groups excluding carboxylic acids is 4. The van der Waals surface area contributed by atoms with Gasteiger partial charge >= 0.3 is 0 Å². The topological polar surface area (TPSA) is 126 Å². The van der Waals surface area contributed by atoms with E-state index in [0.29, 0.717) is 36.5 Å². The Bertz CT molecular complexity index is 952. The maximum Gasteiger partial charge on any atom is 0.287 e. The third-order valence-corrected chi connectivity index (χ3v) is 5.80. The molecule has 0 spiro atoms. The summed E-state index contributed by atoms with van der Waals surface area (Å²) in [5.74, 6) is -1.50. The second-order valence-corrected chi connectivity index (χ2v) is 9.25. The molecule has 0 radical (unpaired) electrons. The number of ether oxygens (including phenoxy) is 1. The lowest BCUT2D eigenvalue weighted by atomic mass is 9.86. The molecule has 4 N–H and O–H groups in total. The van der Waals surface area contributed by atoms with Crippen molar-refractivity contribution < 1.29 is 23.9 Å². The fourth-order valence-corrected chi connectivity index (χ4v) is 3.98. The highest BCUT2D eigenvalue weighted by Gasteiger charge is 2.42. The van der Waals surface area contributed by atoms with E-state index in [-0.39, 0.29) is 42.9 Å². The highest BCUT2D eigenvalue weighted by atomic mass is 35.5. The Balaban J connectivity index is 1.58. The van der Waals surface area contributed by atoms with E-state index in [9.17, 15) is 19.2 Å². The molecule has 2 aliphatic heterocycles. The summed E-state index contributed by atoms with van der Waals surface area (Å²) < 4.78 is 5.67. The fourth-order valence-electron chi connectivity index (χ4n) is 3.86. The number of benzene rings is 1. The molecule has 1 aromatic rings. The molecule has 9 nitrogen and oxygen atoms in total. The number of amides is 3. The standard InChI is InChI=1S/C23H29ClN4O5/c1-22(2)14-17(29)13-18(33-22)20(31)28-23(7-9-25-10-8-23)21(32)27-12-11-26-19(30)15-3-5-16(24)6-4-15/h3-6,13,25H,7-12,14H2,1-2H3,(H,26,30)(H,27,32)(H,28,31). The Morgan fingerprint density at radius 2 is 1.67 bits per heavy atom. The van der Waals surface area contributed by atoms with Crippen LogP contribution in [0.1, 0.15) is 43.5 Å². The summed E-state index contributed by atoms with van der Waals surface area (Å²) >= 11 is 5.83. The van der Waals surface area contributed by atoms with Crippen LogP contribution < -0.4 is 21.3 Å². The second-order valence-electron chi connectivity index (χ2n) is 8.82. The highest BCUT2D eigenvalue weighted by molar-refractivity contribution is 6.30. The van der Waals surface area contributed by atoms with E-state index in [1.165, 1.54) is 6.08 Å². The maximum atomic E-state index is 13.1. The van der Waals surface area contributed by atoms with E-state index < -0.39 is 17.0 Å². The van der Waals surface area contributed by atoms with Gasteiger partial charge in [0, 0.05) is 36.2 Å². The van der Waals surface area contributed by atoms with Gasteiger partial charge < -0.3 is 26.0 Å². The highest BCUT2D eigenvalue weighted by Crippen LogP contribution is 2.26. The minimum Gasteiger partial charge on any atom is -0.482 e. The minimum atomic E-state index is -1.14. The van der Waals surface area contributed by atoms with Crippen molar-refractivity contribution >= 4 is 35.1 Å². The molecule has 1 fully saturated rings. The second kappa shape index (κ2) is 10.4. The van der Waals surface area contributed by atoms with Crippen LogP contribution in [0, 0.1) is 0 Å². The lowest BCUT2D eigenvalue weighted by Crippen LogP contribution is -2.63. The number of hydrogen-bond acceptors (Lipinski definition) is 6. The maximum absolute atomic E-state index is 13.1. The first-order valence-electron chi connectivity index (χ1n) is 10.9. The normalized spacial score (nSPS) is 19.0. The number of halogens is 1. The lowest BCUT2D eigenvalue weighted by molar-refractivity contribution is -0.137. The Labute approximate surface area is 197 Å². The summed E-state index contributed by atoms with van der Waals surface area (Å²) in [5, 5.41) is 12.0. The number of carbonyl (C=O) groups is 4. The number of ketones is 1. The number of piperidine rings is 1. The number of rotatable bonds is 7. The molecule has 33 heavy (non-hydrogen) atoms. The van der Waals surface area contributed by atoms with E-state index in [4.69, 9.17) is 16.3 Å². The van der Waals surface area contributed by atoms with E-state index in [0.717, 1.165) is 0 Å². The zero-order valence-electron chi connectivity index (χ0n) is 18.8. The first kappa shape index (κ1) is 24.7. The Hall–Kier alpha value is -2.91. The molecule has 3 rings (SSSR count). The molecule has 0 aliphatic carbocycles. The molecular weight excluding hydrogens is 448 g/mol. The molecule has 0 saturated carbocycles. The lowest BCUT2D eigenvalue weighted by Gasteiger charge is -2.38. The van der Waals surface area contributed by atoms with E-state index in [1.807, 2.05) is 0 Å². The first-order valence-corrected chi connectivity index (χ1v) is 11.3. The molecule has 0 atom stereocenters. The van der Waals surface area contributed by atoms with E-state index in [2.05, 4.69) is 21.3 Å². The SMILES string of the molecule is CC1(C)CC(=O)C=C(C(=O)NC2(C(=O)NCCNC(=O)c3ccc(Cl)cc3)CCNCC2)O1. The molecule has 0 unspecified atom stereocenters. The quantitative estimate of drug-likeness (QED) is 0.436. The van der Waals surface area contributed by atoms with Gasteiger partial charge in [-0.3, -0.25) is 19.2 Å². The van der Waals surface area contributed by atoms with Crippen molar-refractivity contribution in [3.63, 3.8) is 0 Å². The smallest absolute Gasteiger partial charge is 0.287 e. The fraction of sp³-hybridized carbons (Fsp3) is 0.478. The molecule has 178 valence electrons. The van der Waals surface area contributed by atoms with Crippen molar-refractivity contribution in [3.8, 4) is 0 Å². The summed E-state index contributed by atoms with van der Waals surface area (Å²) in [6.45, 7) is 4.96. The van der Waals surface area contributed by atoms with Crippen molar-refractivity contribution in [2.24, 2.45) is 0 Å². The number of hydrogen-bond donors (Lipinski definition) is 4. The van der Waals surface area contributed by atoms with Crippen LogP contribution in [0.25, 0.3) is 0 Å². The number of nitrogens with one attached hydrogen (secondary N) is 4. The van der Waals surface area contributed by atoms with Crippen molar-refractivity contribution in [2.45, 2.75) is 44.2 Å². The van der Waals surface area contributed by atoms with Crippen molar-refractivity contribution in [2.75, 3.05) is 26.2 Å². The van der Waals surface area contributed by atoms with Gasteiger partial charge in [0.25, 0.3) is 11.8 Å². The van der Waals surface area contributed by atoms with Crippen LogP contribution in [0.5, 0.6) is 0 Å². The summed E-state index contributed by atoms with van der Waals surface area (Å²) in [7, 11) is 0. The molecule has 10 heteroatoms. The summed E-state index contributed by atoms with van der Waals surface area (Å²) in [5.41, 5.74) is -1.46. The zero-order valence-corrected chi connectivity index (χ0v) is 19.5. The molecular formula is C23H29ClN4O5. The third-order valence-electron chi connectivity index (χ3n) is 5.55. The zero-order chi connectivity index (χ0) is 24.1. The molecule has 1 aromatic carbocycles. The summed E-state index contributed by atoms with van der Waals surface area (Å²) in [6.07, 6.45) is 2.12. The van der Waals surface area contributed by atoms with Gasteiger partial charge in [0.15, 0.2) is 11.5 Å². The van der Waals surface area contributed by atoms with Crippen LogP contribution in [0.2, 0.25) is 5.02 Å². The van der Waals surface area contributed by atoms with Crippen molar-refractivity contribution in [3.05, 3.63) is 46.7 Å². The molecule has 1 saturated heterocycles. The minimum absolute atomic E-state index is 0.0859. The van der Waals surface area contributed by atoms with Gasteiger partial charge in [-0.1, -0.05) is 11.6 Å². The average molecular weight is 477 g/mol. The number of allylic oxidation sites excluding steroid dienone is 1. The predicted molar refractivity (Wildman–Crippen MR) is 123 cm³/mol. The van der Waals surface area contributed by atoms with E-state index >= 15 is 0 Å². The van der Waals surface area contributed by atoms with Crippen LogP contribution in [0.4, 0.5) is 0 Å². The van der Waals surface area contributed by atoms with Crippen molar-refractivity contribution in [1.82, 2.24) is 21.3 Å². The van der Waals surface area contributed by atoms with Crippen LogP contribution in [0.3, 0.4) is 0 Å². The average Bonchev–Trinajstić information content (AvgIpc) is 2.76. The Morgan fingerprint density at radius 1 is 1.03 bits per heavy atom. The molecule has 2 heterocycles. The van der Waals surface area contributed by atoms with Gasteiger partial charge in [0.05, 0.1) is 0 Å². The van der Waals surface area contributed by atoms with Gasteiger partial charge in [-0.15, -0.1) is 0 Å². The predicted octanol–water partition coefficient (Wildman–Crippen LogP) is 1.08. The summed E-state index contributed by atoms with van der Waals surface area (Å²) in [4.78, 5) is 50.1. The van der Waals surface area contributed by atoms with Crippen LogP contribution in [-0.4, -0.2) is 60.8 Å². The van der Waals surface area contributed by atoms with Gasteiger partial charge in [-0.25, -0.2) is 0 Å². The van der Waals surface area contributed by atoms with Crippen LogP contribution in [0.15, 0.2) is 36.1 Å². The van der Waals surface area contributed by atoms with E-state index in [1.54, 1.807) is 38.1 Å². The molecule has 0 bridgehead atoms. The largest absolute Gasteiger partial charge is 0.482 e. The van der Waals surface area contributed by atoms with Gasteiger partial charge in [-0.05, 0) is 64.0 Å². The van der Waals surface area contributed by atoms with Gasteiger partial charge in [-0.2, -0.15) is 0 Å². The van der Waals surface area contributed by atoms with Crippen LogP contribution >= 0.6 is 11.6 Å². The molecule has 2 aliphatic rings. The Kier molecular flexibility index (Phi) is 7.76. The van der Waals surface area contributed by atoms with Gasteiger partial charge in [0.2, 0.25) is 5.91 Å².